The molecule has 0 bridgehead atoms. The lowest BCUT2D eigenvalue weighted by atomic mass is 10.1. The van der Waals surface area contributed by atoms with Crippen molar-refractivity contribution in [3.63, 3.8) is 0 Å². The van der Waals surface area contributed by atoms with E-state index in [9.17, 15) is 0 Å². The Labute approximate surface area is 101 Å². The highest BCUT2D eigenvalue weighted by molar-refractivity contribution is 5.81. The van der Waals surface area contributed by atoms with Gasteiger partial charge in [-0.25, -0.2) is 4.52 Å². The first-order valence-corrected chi connectivity index (χ1v) is 6.12. The molecule has 4 heteroatoms. The van der Waals surface area contributed by atoms with E-state index in [0.29, 0.717) is 0 Å². The van der Waals surface area contributed by atoms with Gasteiger partial charge < -0.3 is 5.73 Å². The summed E-state index contributed by atoms with van der Waals surface area (Å²) in [4.78, 5) is 0. The van der Waals surface area contributed by atoms with Crippen LogP contribution in [0.3, 0.4) is 0 Å². The Kier molecular flexibility index (Phi) is 2.01. The lowest BCUT2D eigenvalue weighted by Gasteiger charge is -2.39. The number of fused-ring (bicyclic) bond motifs is 1. The van der Waals surface area contributed by atoms with Crippen molar-refractivity contribution in [1.82, 2.24) is 14.1 Å². The molecule has 2 aromatic rings. The molecule has 0 aromatic carbocycles. The van der Waals surface area contributed by atoms with E-state index in [4.69, 9.17) is 10.8 Å². The molecule has 17 heavy (non-hydrogen) atoms. The van der Waals surface area contributed by atoms with Crippen molar-refractivity contribution >= 4 is 17.0 Å². The van der Waals surface area contributed by atoms with Gasteiger partial charge in [-0.05, 0) is 25.5 Å². The molecule has 4 nitrogen and oxygen atoms in total. The Morgan fingerprint density at radius 1 is 1.29 bits per heavy atom. The molecule has 0 radical (unpaired) electrons. The van der Waals surface area contributed by atoms with Crippen molar-refractivity contribution in [2.24, 2.45) is 0 Å². The molecule has 1 fully saturated rings. The summed E-state index contributed by atoms with van der Waals surface area (Å²) in [7, 11) is 2.21. The predicted octanol–water partition coefficient (Wildman–Crippen LogP) is 1.87. The molecule has 0 atom stereocenters. The maximum absolute atomic E-state index is 6.25. The van der Waals surface area contributed by atoms with Crippen LogP contribution in [0.15, 0.2) is 12.1 Å². The average molecular weight is 231 g/mol. The Balaban J connectivity index is 2.28. The summed E-state index contributed by atoms with van der Waals surface area (Å²) in [6.45, 7) is 6.49. The van der Waals surface area contributed by atoms with Crippen LogP contribution < -0.4 is 10.2 Å². The van der Waals surface area contributed by atoms with Crippen molar-refractivity contribution in [1.29, 1.82) is 0 Å². The fourth-order valence-corrected chi connectivity index (χ4v) is 2.58. The van der Waals surface area contributed by atoms with Crippen LogP contribution in [0.4, 0.5) is 11.5 Å². The lowest BCUT2D eigenvalue weighted by molar-refractivity contribution is 0.223. The lowest BCUT2D eigenvalue weighted by Crippen LogP contribution is -2.56. The Morgan fingerprint density at radius 2 is 2.00 bits per heavy atom. The van der Waals surface area contributed by atoms with E-state index in [1.165, 1.54) is 17.7 Å². The molecule has 2 aromatic heterocycles. The maximum atomic E-state index is 6.25. The van der Waals surface area contributed by atoms with E-state index in [1.807, 2.05) is 4.52 Å². The van der Waals surface area contributed by atoms with Gasteiger partial charge >= 0.3 is 0 Å². The number of hydrogen-bond acceptors (Lipinski definition) is 2. The molecule has 3 heterocycles. The number of nitrogen functional groups attached to an aromatic ring is 1. The SMILES string of the molecule is Cc1ccc2c(N)c([N+]3(C)CCC3)nn2c1C. The number of aromatic nitrogens is 2. The van der Waals surface area contributed by atoms with Crippen LogP contribution in [-0.2, 0) is 0 Å². The molecule has 0 saturated carbocycles. The summed E-state index contributed by atoms with van der Waals surface area (Å²) in [6, 6.07) is 4.18. The molecular formula is C13H19N4+. The van der Waals surface area contributed by atoms with Crippen LogP contribution in [-0.4, -0.2) is 29.8 Å². The Bertz CT molecular complexity index is 593. The molecule has 0 unspecified atom stereocenters. The summed E-state index contributed by atoms with van der Waals surface area (Å²) in [5.41, 5.74) is 10.6. The van der Waals surface area contributed by atoms with Gasteiger partial charge in [0.2, 0.25) is 0 Å². The first-order chi connectivity index (χ1) is 8.03. The number of rotatable bonds is 1. The van der Waals surface area contributed by atoms with Gasteiger partial charge in [-0.15, -0.1) is 5.10 Å². The van der Waals surface area contributed by atoms with E-state index in [2.05, 4.69) is 33.0 Å². The molecule has 0 amide bonds. The topological polar surface area (TPSA) is 43.3 Å². The van der Waals surface area contributed by atoms with Crippen molar-refractivity contribution in [3.8, 4) is 0 Å². The molecule has 1 aliphatic rings. The van der Waals surface area contributed by atoms with Gasteiger partial charge in [0, 0.05) is 12.1 Å². The smallest absolute Gasteiger partial charge is 0.270 e. The summed E-state index contributed by atoms with van der Waals surface area (Å²) in [6.07, 6.45) is 1.27. The monoisotopic (exact) mass is 231 g/mol. The van der Waals surface area contributed by atoms with Crippen LogP contribution in [0, 0.1) is 13.8 Å². The third-order valence-corrected chi connectivity index (χ3v) is 4.13. The van der Waals surface area contributed by atoms with Gasteiger partial charge in [0.15, 0.2) is 0 Å². The largest absolute Gasteiger partial charge is 0.391 e. The maximum Gasteiger partial charge on any atom is 0.270 e. The van der Waals surface area contributed by atoms with E-state index in [0.717, 1.165) is 34.6 Å². The number of hydrogen-bond donors (Lipinski definition) is 1. The molecule has 2 N–H and O–H groups in total. The highest BCUT2D eigenvalue weighted by Crippen LogP contribution is 2.35. The van der Waals surface area contributed by atoms with Crippen LogP contribution in [0.25, 0.3) is 5.52 Å². The van der Waals surface area contributed by atoms with Crippen LogP contribution in [0.2, 0.25) is 0 Å². The number of likely N-dealkylation sites (tertiary alicyclic amines) is 1. The highest BCUT2D eigenvalue weighted by atomic mass is 15.5. The molecule has 3 rings (SSSR count). The van der Waals surface area contributed by atoms with E-state index < -0.39 is 0 Å². The zero-order chi connectivity index (χ0) is 12.2. The van der Waals surface area contributed by atoms with Gasteiger partial charge in [0.1, 0.15) is 5.69 Å². The number of aryl methyl sites for hydroxylation is 2. The van der Waals surface area contributed by atoms with Crippen LogP contribution >= 0.6 is 0 Å². The average Bonchev–Trinajstić information content (AvgIpc) is 2.59. The van der Waals surface area contributed by atoms with E-state index in [1.54, 1.807) is 0 Å². The molecule has 0 spiro atoms. The number of quaternary nitrogens is 1. The zero-order valence-electron chi connectivity index (χ0n) is 10.7. The fraction of sp³-hybridized carbons (Fsp3) is 0.462. The summed E-state index contributed by atoms with van der Waals surface area (Å²) in [5.74, 6) is 1.03. The van der Waals surface area contributed by atoms with Gasteiger partial charge in [-0.3, -0.25) is 4.48 Å². The van der Waals surface area contributed by atoms with E-state index >= 15 is 0 Å². The van der Waals surface area contributed by atoms with Gasteiger partial charge in [0.25, 0.3) is 5.82 Å². The van der Waals surface area contributed by atoms with Crippen molar-refractivity contribution in [2.45, 2.75) is 20.3 Å². The van der Waals surface area contributed by atoms with Crippen LogP contribution in [0.1, 0.15) is 17.7 Å². The number of nitrogens with zero attached hydrogens (tertiary/aromatic N) is 3. The highest BCUT2D eigenvalue weighted by Gasteiger charge is 2.38. The molecule has 90 valence electrons. The summed E-state index contributed by atoms with van der Waals surface area (Å²) >= 11 is 0. The Morgan fingerprint density at radius 3 is 2.59 bits per heavy atom. The van der Waals surface area contributed by atoms with Gasteiger partial charge in [-0.2, -0.15) is 0 Å². The second-order valence-corrected chi connectivity index (χ2v) is 5.33. The van der Waals surface area contributed by atoms with Gasteiger partial charge in [0.05, 0.1) is 25.7 Å². The Hall–Kier alpha value is -1.55. The molecular weight excluding hydrogens is 212 g/mol. The third kappa shape index (κ3) is 1.30. The number of anilines is 1. The number of nitrogens with two attached hydrogens (primary N) is 1. The summed E-state index contributed by atoms with van der Waals surface area (Å²) < 4.78 is 2.87. The van der Waals surface area contributed by atoms with Gasteiger partial charge in [-0.1, -0.05) is 6.07 Å². The number of pyridine rings is 1. The fourth-order valence-electron chi connectivity index (χ4n) is 2.58. The van der Waals surface area contributed by atoms with Crippen molar-refractivity contribution in [3.05, 3.63) is 23.4 Å². The molecule has 1 saturated heterocycles. The van der Waals surface area contributed by atoms with Crippen LogP contribution in [0.5, 0.6) is 0 Å². The van der Waals surface area contributed by atoms with Crippen molar-refractivity contribution in [2.75, 3.05) is 25.9 Å². The zero-order valence-corrected chi connectivity index (χ0v) is 10.7. The van der Waals surface area contributed by atoms with Crippen molar-refractivity contribution < 1.29 is 0 Å². The van der Waals surface area contributed by atoms with E-state index in [-0.39, 0.29) is 0 Å². The molecule has 1 aliphatic heterocycles. The predicted molar refractivity (Wildman–Crippen MR) is 71.1 cm³/mol. The normalized spacial score (nSPS) is 18.3. The molecule has 0 aliphatic carbocycles. The minimum atomic E-state index is 0.843. The summed E-state index contributed by atoms with van der Waals surface area (Å²) in [5, 5.41) is 4.73. The minimum Gasteiger partial charge on any atom is -0.391 e. The standard InChI is InChI=1S/C13H19N4/c1-9-5-6-11-12(14)13(15-16(11)10(9)2)17(3)7-4-8-17/h5-6H,4,7-8,14H2,1-3H3/q+1. The second kappa shape index (κ2) is 3.23. The minimum absolute atomic E-state index is 0.843. The first kappa shape index (κ1) is 10.6. The third-order valence-electron chi connectivity index (χ3n) is 4.13. The second-order valence-electron chi connectivity index (χ2n) is 5.33. The quantitative estimate of drug-likeness (QED) is 0.761. The first-order valence-electron chi connectivity index (χ1n) is 6.12.